The Hall–Kier alpha value is -2.37. The quantitative estimate of drug-likeness (QED) is 0.792. The largest absolute Gasteiger partial charge is 0.494 e. The molecule has 0 saturated heterocycles. The summed E-state index contributed by atoms with van der Waals surface area (Å²) in [4.78, 5) is 24.9. The first kappa shape index (κ1) is 12.1. The number of hydrogen-bond acceptors (Lipinski definition) is 3. The average Bonchev–Trinajstić information content (AvgIpc) is 2.29. The first-order valence-corrected chi connectivity index (χ1v) is 5.23. The van der Waals surface area contributed by atoms with Gasteiger partial charge in [0, 0.05) is 0 Å². The third-order valence-corrected chi connectivity index (χ3v) is 2.66. The number of halogens is 1. The van der Waals surface area contributed by atoms with Gasteiger partial charge in [0.1, 0.15) is 5.82 Å². The van der Waals surface area contributed by atoms with E-state index in [9.17, 15) is 19.1 Å². The van der Waals surface area contributed by atoms with Crippen molar-refractivity contribution in [1.82, 2.24) is 9.55 Å². The molecule has 0 unspecified atom stereocenters. The number of aryl methyl sites for hydroxylation is 1. The molecule has 18 heavy (non-hydrogen) atoms. The maximum Gasteiger partial charge on any atom is 0.335 e. The van der Waals surface area contributed by atoms with Gasteiger partial charge in [-0.15, -0.1) is 0 Å². The van der Waals surface area contributed by atoms with Gasteiger partial charge < -0.3 is 5.11 Å². The second kappa shape index (κ2) is 4.14. The highest BCUT2D eigenvalue weighted by Gasteiger charge is 2.14. The van der Waals surface area contributed by atoms with Crippen molar-refractivity contribution in [2.24, 2.45) is 0 Å². The lowest BCUT2D eigenvalue weighted by atomic mass is 10.2. The van der Waals surface area contributed by atoms with Gasteiger partial charge in [-0.05, 0) is 31.5 Å². The van der Waals surface area contributed by atoms with Gasteiger partial charge in [0.05, 0.1) is 11.3 Å². The van der Waals surface area contributed by atoms with Crippen LogP contribution in [0.2, 0.25) is 0 Å². The Morgan fingerprint density at radius 1 is 1.28 bits per heavy atom. The lowest BCUT2D eigenvalue weighted by molar-refractivity contribution is 0.423. The second-order valence-electron chi connectivity index (χ2n) is 4.00. The number of nitrogens with one attached hydrogen (secondary N) is 1. The van der Waals surface area contributed by atoms with Gasteiger partial charge in [0.15, 0.2) is 0 Å². The molecule has 0 bridgehead atoms. The average molecular weight is 250 g/mol. The van der Waals surface area contributed by atoms with Gasteiger partial charge in [-0.2, -0.15) is 0 Å². The topological polar surface area (TPSA) is 75.1 Å². The summed E-state index contributed by atoms with van der Waals surface area (Å²) in [7, 11) is 0. The minimum absolute atomic E-state index is 0.0467. The summed E-state index contributed by atoms with van der Waals surface area (Å²) >= 11 is 0. The van der Waals surface area contributed by atoms with E-state index in [-0.39, 0.29) is 11.3 Å². The van der Waals surface area contributed by atoms with Crippen LogP contribution in [0.4, 0.5) is 4.39 Å². The van der Waals surface area contributed by atoms with Crippen LogP contribution in [0.15, 0.2) is 27.8 Å². The van der Waals surface area contributed by atoms with Crippen molar-refractivity contribution >= 4 is 0 Å². The lowest BCUT2D eigenvalue weighted by Gasteiger charge is -2.10. The molecule has 0 saturated carbocycles. The number of H-pyrrole nitrogens is 1. The van der Waals surface area contributed by atoms with Crippen molar-refractivity contribution in [2.45, 2.75) is 13.8 Å². The molecule has 5 nitrogen and oxygen atoms in total. The first-order valence-electron chi connectivity index (χ1n) is 5.23. The molecule has 2 N–H and O–H groups in total. The summed E-state index contributed by atoms with van der Waals surface area (Å²) in [5.41, 5.74) is -1.05. The fourth-order valence-electron chi connectivity index (χ4n) is 1.63. The minimum Gasteiger partial charge on any atom is -0.494 e. The molecular weight excluding hydrogens is 239 g/mol. The maximum atomic E-state index is 13.8. The zero-order chi connectivity index (χ0) is 13.4. The number of hydrogen-bond donors (Lipinski definition) is 2. The first-order chi connectivity index (χ1) is 8.41. The van der Waals surface area contributed by atoms with E-state index >= 15 is 0 Å². The highest BCUT2D eigenvalue weighted by atomic mass is 19.1. The smallest absolute Gasteiger partial charge is 0.335 e. The third-order valence-electron chi connectivity index (χ3n) is 2.66. The highest BCUT2D eigenvalue weighted by molar-refractivity contribution is 5.40. The number of nitrogens with zero attached hydrogens (tertiary/aromatic N) is 1. The van der Waals surface area contributed by atoms with Crippen LogP contribution >= 0.6 is 0 Å². The van der Waals surface area contributed by atoms with E-state index < -0.39 is 22.9 Å². The van der Waals surface area contributed by atoms with Crippen LogP contribution in [0.25, 0.3) is 5.69 Å². The van der Waals surface area contributed by atoms with Gasteiger partial charge >= 0.3 is 5.69 Å². The van der Waals surface area contributed by atoms with E-state index in [1.807, 2.05) is 4.98 Å². The lowest BCUT2D eigenvalue weighted by Crippen LogP contribution is -2.30. The molecule has 1 aromatic heterocycles. The Balaban J connectivity index is 2.84. The van der Waals surface area contributed by atoms with E-state index in [1.165, 1.54) is 19.1 Å². The SMILES string of the molecule is Cc1ccc(-n2c(O)c(C)c(=O)[nH]c2=O)c(F)c1. The van der Waals surface area contributed by atoms with Crippen LogP contribution in [-0.2, 0) is 0 Å². The van der Waals surface area contributed by atoms with Crippen LogP contribution in [0.3, 0.4) is 0 Å². The van der Waals surface area contributed by atoms with Crippen LogP contribution < -0.4 is 11.2 Å². The molecule has 0 aliphatic carbocycles. The van der Waals surface area contributed by atoms with Crippen LogP contribution in [0.1, 0.15) is 11.1 Å². The van der Waals surface area contributed by atoms with Gasteiger partial charge in [0.25, 0.3) is 5.56 Å². The van der Waals surface area contributed by atoms with Crippen molar-refractivity contribution in [3.8, 4) is 11.6 Å². The predicted octanol–water partition coefficient (Wildman–Crippen LogP) is 0.987. The van der Waals surface area contributed by atoms with E-state index in [0.717, 1.165) is 4.57 Å². The Bertz CT molecular complexity index is 731. The van der Waals surface area contributed by atoms with Crippen molar-refractivity contribution < 1.29 is 9.50 Å². The summed E-state index contributed by atoms with van der Waals surface area (Å²) in [6.07, 6.45) is 0. The molecular formula is C12H11FN2O3. The van der Waals surface area contributed by atoms with Crippen LogP contribution in [-0.4, -0.2) is 14.7 Å². The molecule has 1 aromatic carbocycles. The fourth-order valence-corrected chi connectivity index (χ4v) is 1.63. The number of aromatic hydroxyl groups is 1. The zero-order valence-electron chi connectivity index (χ0n) is 9.82. The molecule has 94 valence electrons. The van der Waals surface area contributed by atoms with Crippen LogP contribution in [0, 0.1) is 19.7 Å². The van der Waals surface area contributed by atoms with Crippen molar-refractivity contribution in [1.29, 1.82) is 0 Å². The molecule has 0 atom stereocenters. The number of benzene rings is 1. The molecule has 1 heterocycles. The second-order valence-corrected chi connectivity index (χ2v) is 4.00. The number of aromatic nitrogens is 2. The maximum absolute atomic E-state index is 13.8. The van der Waals surface area contributed by atoms with E-state index in [1.54, 1.807) is 13.0 Å². The summed E-state index contributed by atoms with van der Waals surface area (Å²) in [6.45, 7) is 3.05. The Kier molecular flexibility index (Phi) is 2.78. The zero-order valence-corrected chi connectivity index (χ0v) is 9.82. The van der Waals surface area contributed by atoms with Gasteiger partial charge in [-0.3, -0.25) is 9.78 Å². The molecule has 2 rings (SSSR count). The van der Waals surface area contributed by atoms with E-state index in [0.29, 0.717) is 5.56 Å². The summed E-state index contributed by atoms with van der Waals surface area (Å²) in [5.74, 6) is -1.22. The minimum atomic E-state index is -0.883. The molecule has 0 radical (unpaired) electrons. The normalized spacial score (nSPS) is 10.6. The third kappa shape index (κ3) is 1.81. The standard InChI is InChI=1S/C12H11FN2O3/c1-6-3-4-9(8(13)5-6)15-11(17)7(2)10(16)14-12(15)18/h3-5,17H,1-2H3,(H,14,16,18). The summed E-state index contributed by atoms with van der Waals surface area (Å²) < 4.78 is 14.5. The van der Waals surface area contributed by atoms with Gasteiger partial charge in [0.2, 0.25) is 5.88 Å². The predicted molar refractivity (Wildman–Crippen MR) is 63.8 cm³/mol. The molecule has 0 amide bonds. The fraction of sp³-hybridized carbons (Fsp3) is 0.167. The van der Waals surface area contributed by atoms with E-state index in [2.05, 4.69) is 0 Å². The molecule has 6 heteroatoms. The number of rotatable bonds is 1. The van der Waals surface area contributed by atoms with Crippen molar-refractivity contribution in [3.63, 3.8) is 0 Å². The van der Waals surface area contributed by atoms with Crippen molar-refractivity contribution in [3.05, 3.63) is 56.0 Å². The number of aromatic amines is 1. The molecule has 0 fully saturated rings. The monoisotopic (exact) mass is 250 g/mol. The van der Waals surface area contributed by atoms with E-state index in [4.69, 9.17) is 0 Å². The Morgan fingerprint density at radius 3 is 2.56 bits per heavy atom. The van der Waals surface area contributed by atoms with Gasteiger partial charge in [-0.1, -0.05) is 6.07 Å². The Labute approximate surface area is 101 Å². The summed E-state index contributed by atoms with van der Waals surface area (Å²) in [6, 6.07) is 4.20. The molecule has 0 aliphatic rings. The molecule has 2 aromatic rings. The molecule has 0 aliphatic heterocycles. The van der Waals surface area contributed by atoms with Crippen LogP contribution in [0.5, 0.6) is 5.88 Å². The van der Waals surface area contributed by atoms with Crippen molar-refractivity contribution in [2.75, 3.05) is 0 Å². The summed E-state index contributed by atoms with van der Waals surface area (Å²) in [5, 5.41) is 9.78. The van der Waals surface area contributed by atoms with Gasteiger partial charge in [-0.25, -0.2) is 13.8 Å². The molecule has 0 spiro atoms. The Morgan fingerprint density at radius 2 is 1.94 bits per heavy atom. The highest BCUT2D eigenvalue weighted by Crippen LogP contribution is 2.19.